The van der Waals surface area contributed by atoms with Crippen LogP contribution in [0.3, 0.4) is 0 Å². The lowest BCUT2D eigenvalue weighted by Crippen LogP contribution is -1.90. The molecule has 0 fully saturated rings. The summed E-state index contributed by atoms with van der Waals surface area (Å²) < 4.78 is 18.7. The van der Waals surface area contributed by atoms with Gasteiger partial charge in [0, 0.05) is 0 Å². The molecule has 0 atom stereocenters. The average Bonchev–Trinajstić information content (AvgIpc) is 2.61. The molecule has 0 radical (unpaired) electrons. The Morgan fingerprint density at radius 2 is 1.52 bits per heavy atom. The van der Waals surface area contributed by atoms with Crippen LogP contribution in [0.1, 0.15) is 16.7 Å². The molecular formula is C21H17FO. The maximum Gasteiger partial charge on any atom is 0.123 e. The molecule has 0 unspecified atom stereocenters. The van der Waals surface area contributed by atoms with Gasteiger partial charge < -0.3 is 4.74 Å². The number of halogens is 1. The van der Waals surface area contributed by atoms with Gasteiger partial charge in [0.1, 0.15) is 11.6 Å². The molecule has 0 amide bonds. The molecular weight excluding hydrogens is 287 g/mol. The van der Waals surface area contributed by atoms with Gasteiger partial charge in [-0.3, -0.25) is 0 Å². The Hall–Kier alpha value is -2.87. The number of benzene rings is 3. The Kier molecular flexibility index (Phi) is 4.53. The van der Waals surface area contributed by atoms with Crippen LogP contribution in [-0.2, 0) is 0 Å². The smallest absolute Gasteiger partial charge is 0.123 e. The van der Waals surface area contributed by atoms with Crippen molar-refractivity contribution in [2.45, 2.75) is 0 Å². The number of ether oxygens (including phenoxy) is 1. The summed E-state index contributed by atoms with van der Waals surface area (Å²) in [5.74, 6) is 0.577. The number of methoxy groups -OCH3 is 1. The van der Waals surface area contributed by atoms with Crippen molar-refractivity contribution in [3.05, 3.63) is 101 Å². The van der Waals surface area contributed by atoms with Crippen LogP contribution in [0.2, 0.25) is 0 Å². The van der Waals surface area contributed by atoms with E-state index in [0.29, 0.717) is 0 Å². The fourth-order valence-electron chi connectivity index (χ4n) is 2.48. The molecule has 0 aliphatic heterocycles. The maximum absolute atomic E-state index is 13.5. The van der Waals surface area contributed by atoms with E-state index in [9.17, 15) is 4.39 Å². The van der Waals surface area contributed by atoms with Crippen molar-refractivity contribution in [3.63, 3.8) is 0 Å². The molecule has 0 aliphatic carbocycles. The lowest BCUT2D eigenvalue weighted by atomic mass is 9.95. The maximum atomic E-state index is 13.5. The first-order chi connectivity index (χ1) is 11.3. The van der Waals surface area contributed by atoms with Crippen LogP contribution in [-0.4, -0.2) is 7.11 Å². The third-order valence-corrected chi connectivity index (χ3v) is 3.65. The molecule has 0 aromatic heterocycles. The molecule has 0 heterocycles. The molecule has 3 rings (SSSR count). The van der Waals surface area contributed by atoms with E-state index in [4.69, 9.17) is 4.74 Å². The van der Waals surface area contributed by atoms with Crippen LogP contribution >= 0.6 is 0 Å². The highest BCUT2D eigenvalue weighted by Crippen LogP contribution is 2.27. The Bertz CT molecular complexity index is 805. The van der Waals surface area contributed by atoms with E-state index >= 15 is 0 Å². The Balaban J connectivity index is 2.10. The van der Waals surface area contributed by atoms with Gasteiger partial charge in [-0.25, -0.2) is 4.39 Å². The fraction of sp³-hybridized carbons (Fsp3) is 0.0476. The first-order valence-corrected chi connectivity index (χ1v) is 7.43. The van der Waals surface area contributed by atoms with Gasteiger partial charge in [-0.2, -0.15) is 0 Å². The van der Waals surface area contributed by atoms with Crippen molar-refractivity contribution in [1.82, 2.24) is 0 Å². The third kappa shape index (κ3) is 3.67. The standard InChI is InChI=1S/C21H17FO/c1-23-20-12-10-18(11-13-20)21(17-7-3-2-4-8-17)15-16-6-5-9-19(22)14-16/h2-15H,1H3/b21-15+. The second kappa shape index (κ2) is 6.93. The van der Waals surface area contributed by atoms with Gasteiger partial charge in [0.05, 0.1) is 7.11 Å². The molecule has 3 aromatic rings. The van der Waals surface area contributed by atoms with Crippen molar-refractivity contribution in [2.24, 2.45) is 0 Å². The predicted molar refractivity (Wildman–Crippen MR) is 92.8 cm³/mol. The Labute approximate surface area is 135 Å². The predicted octanol–water partition coefficient (Wildman–Crippen LogP) is 5.42. The minimum atomic E-state index is -0.235. The van der Waals surface area contributed by atoms with Crippen LogP contribution < -0.4 is 4.74 Å². The molecule has 0 N–H and O–H groups in total. The largest absolute Gasteiger partial charge is 0.497 e. The lowest BCUT2D eigenvalue weighted by molar-refractivity contribution is 0.415. The van der Waals surface area contributed by atoms with E-state index in [2.05, 4.69) is 12.1 Å². The molecule has 0 saturated heterocycles. The normalized spacial score (nSPS) is 11.3. The molecule has 0 saturated carbocycles. The summed E-state index contributed by atoms with van der Waals surface area (Å²) in [6, 6.07) is 24.6. The third-order valence-electron chi connectivity index (χ3n) is 3.65. The molecule has 1 nitrogen and oxygen atoms in total. The molecule has 2 heteroatoms. The molecule has 3 aromatic carbocycles. The minimum absolute atomic E-state index is 0.235. The Morgan fingerprint density at radius 3 is 2.17 bits per heavy atom. The van der Waals surface area contributed by atoms with Crippen molar-refractivity contribution in [3.8, 4) is 5.75 Å². The van der Waals surface area contributed by atoms with Crippen molar-refractivity contribution in [2.75, 3.05) is 7.11 Å². The van der Waals surface area contributed by atoms with Gasteiger partial charge >= 0.3 is 0 Å². The fourth-order valence-corrected chi connectivity index (χ4v) is 2.48. The topological polar surface area (TPSA) is 9.23 Å². The molecule has 0 bridgehead atoms. The molecule has 0 spiro atoms. The molecule has 0 aliphatic rings. The monoisotopic (exact) mass is 304 g/mol. The second-order valence-corrected chi connectivity index (χ2v) is 5.21. The van der Waals surface area contributed by atoms with E-state index in [1.54, 1.807) is 13.2 Å². The summed E-state index contributed by atoms with van der Waals surface area (Å²) in [4.78, 5) is 0. The highest BCUT2D eigenvalue weighted by molar-refractivity contribution is 5.91. The second-order valence-electron chi connectivity index (χ2n) is 5.21. The SMILES string of the molecule is COc1ccc(/C(=C/c2cccc(F)c2)c2ccccc2)cc1. The highest BCUT2D eigenvalue weighted by atomic mass is 19.1. The van der Waals surface area contributed by atoms with E-state index in [1.807, 2.05) is 54.6 Å². The van der Waals surface area contributed by atoms with Crippen molar-refractivity contribution >= 4 is 11.6 Å². The lowest BCUT2D eigenvalue weighted by Gasteiger charge is -2.10. The van der Waals surface area contributed by atoms with Gasteiger partial charge in [-0.1, -0.05) is 54.6 Å². The van der Waals surface area contributed by atoms with Gasteiger partial charge in [0.25, 0.3) is 0 Å². The molecule has 23 heavy (non-hydrogen) atoms. The van der Waals surface area contributed by atoms with E-state index in [0.717, 1.165) is 28.0 Å². The zero-order chi connectivity index (χ0) is 16.1. The van der Waals surface area contributed by atoms with Crippen LogP contribution in [0.25, 0.3) is 11.6 Å². The van der Waals surface area contributed by atoms with Gasteiger partial charge in [0.15, 0.2) is 0 Å². The minimum Gasteiger partial charge on any atom is -0.497 e. The summed E-state index contributed by atoms with van der Waals surface area (Å²) >= 11 is 0. The van der Waals surface area contributed by atoms with Crippen LogP contribution in [0, 0.1) is 5.82 Å². The summed E-state index contributed by atoms with van der Waals surface area (Å²) in [5, 5.41) is 0. The number of hydrogen-bond acceptors (Lipinski definition) is 1. The number of rotatable bonds is 4. The van der Waals surface area contributed by atoms with Gasteiger partial charge in [-0.05, 0) is 52.6 Å². The van der Waals surface area contributed by atoms with Crippen molar-refractivity contribution < 1.29 is 9.13 Å². The summed E-state index contributed by atoms with van der Waals surface area (Å²) in [5.41, 5.74) is 4.02. The van der Waals surface area contributed by atoms with E-state index in [-0.39, 0.29) is 5.82 Å². The summed E-state index contributed by atoms with van der Waals surface area (Å²) in [6.07, 6.45) is 2.00. The Morgan fingerprint density at radius 1 is 0.826 bits per heavy atom. The highest BCUT2D eigenvalue weighted by Gasteiger charge is 2.06. The van der Waals surface area contributed by atoms with E-state index in [1.165, 1.54) is 12.1 Å². The zero-order valence-electron chi connectivity index (χ0n) is 12.9. The van der Waals surface area contributed by atoms with Crippen LogP contribution in [0.4, 0.5) is 4.39 Å². The van der Waals surface area contributed by atoms with E-state index < -0.39 is 0 Å². The summed E-state index contributed by atoms with van der Waals surface area (Å²) in [6.45, 7) is 0. The first kappa shape index (κ1) is 15.0. The zero-order valence-corrected chi connectivity index (χ0v) is 12.9. The summed E-state index contributed by atoms with van der Waals surface area (Å²) in [7, 11) is 1.65. The van der Waals surface area contributed by atoms with Crippen molar-refractivity contribution in [1.29, 1.82) is 0 Å². The molecule has 114 valence electrons. The van der Waals surface area contributed by atoms with Crippen LogP contribution in [0.5, 0.6) is 5.75 Å². The quantitative estimate of drug-likeness (QED) is 0.584. The average molecular weight is 304 g/mol. The number of hydrogen-bond donors (Lipinski definition) is 0. The van der Waals surface area contributed by atoms with Crippen LogP contribution in [0.15, 0.2) is 78.9 Å². The van der Waals surface area contributed by atoms with Gasteiger partial charge in [-0.15, -0.1) is 0 Å². The first-order valence-electron chi connectivity index (χ1n) is 7.43. The van der Waals surface area contributed by atoms with Gasteiger partial charge in [0.2, 0.25) is 0 Å².